The first-order chi connectivity index (χ1) is 14.4. The molecule has 1 N–H and O–H groups in total. The maximum atomic E-state index is 13.2. The zero-order valence-electron chi connectivity index (χ0n) is 18.5. The van der Waals surface area contributed by atoms with E-state index in [1.165, 1.54) is 26.2 Å². The lowest BCUT2D eigenvalue weighted by molar-refractivity contribution is -0.126. The summed E-state index contributed by atoms with van der Waals surface area (Å²) in [5, 5.41) is 2.83. The van der Waals surface area contributed by atoms with Crippen molar-refractivity contribution in [3.63, 3.8) is 0 Å². The number of anilines is 1. The Morgan fingerprint density at radius 3 is 2.40 bits per heavy atom. The molecule has 2 aromatic rings. The van der Waals surface area contributed by atoms with Crippen LogP contribution >= 0.6 is 0 Å². The van der Waals surface area contributed by atoms with Gasteiger partial charge in [-0.2, -0.15) is 0 Å². The Morgan fingerprint density at radius 1 is 1.03 bits per heavy atom. The van der Waals surface area contributed by atoms with Crippen LogP contribution in [0.25, 0.3) is 0 Å². The van der Waals surface area contributed by atoms with Gasteiger partial charge < -0.3 is 15.0 Å². The Bertz CT molecular complexity index is 905. The largest absolute Gasteiger partial charge is 0.494 e. The highest BCUT2D eigenvalue weighted by Crippen LogP contribution is 2.41. The number of nitrogens with one attached hydrogen (secondary N) is 1. The molecule has 0 spiro atoms. The number of rotatable bonds is 9. The van der Waals surface area contributed by atoms with Crippen molar-refractivity contribution in [1.82, 2.24) is 5.32 Å². The molecule has 1 aliphatic rings. The van der Waals surface area contributed by atoms with E-state index in [1.54, 1.807) is 4.90 Å². The van der Waals surface area contributed by atoms with E-state index in [2.05, 4.69) is 12.2 Å². The molecule has 0 radical (unpaired) electrons. The zero-order valence-corrected chi connectivity index (χ0v) is 18.5. The van der Waals surface area contributed by atoms with Crippen LogP contribution in [0.15, 0.2) is 36.4 Å². The number of fused-ring (bicyclic) bond motifs is 1. The number of hydrogen-bond acceptors (Lipinski definition) is 3. The molecule has 0 fully saturated rings. The van der Waals surface area contributed by atoms with Crippen LogP contribution in [-0.2, 0) is 16.1 Å². The van der Waals surface area contributed by atoms with Crippen LogP contribution in [0.5, 0.6) is 5.75 Å². The molecular weight excluding hydrogens is 376 g/mol. The number of amides is 2. The Balaban J connectivity index is 1.74. The van der Waals surface area contributed by atoms with E-state index in [0.717, 1.165) is 46.7 Å². The van der Waals surface area contributed by atoms with Crippen molar-refractivity contribution in [2.45, 2.75) is 66.0 Å². The maximum Gasteiger partial charge on any atom is 0.254 e. The number of carbonyl (C=O) groups excluding carboxylic acids is 2. The molecule has 0 aliphatic carbocycles. The topological polar surface area (TPSA) is 58.6 Å². The minimum Gasteiger partial charge on any atom is -0.494 e. The van der Waals surface area contributed by atoms with Gasteiger partial charge in [0.1, 0.15) is 11.8 Å². The fourth-order valence-corrected chi connectivity index (χ4v) is 4.02. The molecule has 3 rings (SSSR count). The predicted molar refractivity (Wildman–Crippen MR) is 120 cm³/mol. The van der Waals surface area contributed by atoms with Gasteiger partial charge in [-0.25, -0.2) is 0 Å². The first-order valence-electron chi connectivity index (χ1n) is 10.8. The third-order valence-electron chi connectivity index (χ3n) is 5.59. The van der Waals surface area contributed by atoms with E-state index in [4.69, 9.17) is 4.74 Å². The van der Waals surface area contributed by atoms with Gasteiger partial charge in [-0.15, -0.1) is 0 Å². The molecule has 0 saturated carbocycles. The van der Waals surface area contributed by atoms with Gasteiger partial charge in [0, 0.05) is 12.5 Å². The van der Waals surface area contributed by atoms with E-state index < -0.39 is 6.04 Å². The van der Waals surface area contributed by atoms with Crippen LogP contribution in [0.3, 0.4) is 0 Å². The molecule has 2 amide bonds. The van der Waals surface area contributed by atoms with Crippen molar-refractivity contribution < 1.29 is 14.3 Å². The van der Waals surface area contributed by atoms with Crippen LogP contribution < -0.4 is 15.0 Å². The summed E-state index contributed by atoms with van der Waals surface area (Å²) in [6.07, 6.45) is 4.72. The Kier molecular flexibility index (Phi) is 7.14. The molecule has 0 bridgehead atoms. The lowest BCUT2D eigenvalue weighted by Gasteiger charge is -2.20. The molecule has 5 nitrogen and oxygen atoms in total. The van der Waals surface area contributed by atoms with Crippen molar-refractivity contribution in [2.24, 2.45) is 0 Å². The third kappa shape index (κ3) is 4.84. The van der Waals surface area contributed by atoms with Crippen molar-refractivity contribution >= 4 is 17.5 Å². The minimum atomic E-state index is -0.622. The summed E-state index contributed by atoms with van der Waals surface area (Å²) < 4.78 is 5.82. The summed E-state index contributed by atoms with van der Waals surface area (Å²) in [5.41, 5.74) is 4.88. The highest BCUT2D eigenvalue weighted by molar-refractivity contribution is 6.07. The van der Waals surface area contributed by atoms with Gasteiger partial charge in [-0.05, 0) is 49.1 Å². The number of hydrogen-bond donors (Lipinski definition) is 1. The fourth-order valence-electron chi connectivity index (χ4n) is 4.02. The highest BCUT2D eigenvalue weighted by Gasteiger charge is 2.39. The second kappa shape index (κ2) is 9.79. The van der Waals surface area contributed by atoms with Gasteiger partial charge in [-0.1, -0.05) is 50.5 Å². The first kappa shape index (κ1) is 21.9. The smallest absolute Gasteiger partial charge is 0.254 e. The monoisotopic (exact) mass is 408 g/mol. The average Bonchev–Trinajstić information content (AvgIpc) is 2.98. The van der Waals surface area contributed by atoms with Gasteiger partial charge in [0.2, 0.25) is 5.91 Å². The van der Waals surface area contributed by atoms with E-state index in [1.807, 2.05) is 50.2 Å². The summed E-state index contributed by atoms with van der Waals surface area (Å²) in [6.45, 7) is 8.82. The maximum absolute atomic E-state index is 13.2. The minimum absolute atomic E-state index is 0.0890. The van der Waals surface area contributed by atoms with Crippen LogP contribution in [0, 0.1) is 13.8 Å². The Morgan fingerprint density at radius 2 is 1.73 bits per heavy atom. The van der Waals surface area contributed by atoms with Gasteiger partial charge in [-0.3, -0.25) is 9.59 Å². The molecule has 0 saturated heterocycles. The zero-order chi connectivity index (χ0) is 21.7. The van der Waals surface area contributed by atoms with Gasteiger partial charge in [0.25, 0.3) is 5.91 Å². The lowest BCUT2D eigenvalue weighted by atomic mass is 9.99. The average molecular weight is 409 g/mol. The van der Waals surface area contributed by atoms with Crippen molar-refractivity contribution in [3.05, 3.63) is 58.7 Å². The SMILES string of the molecule is CCCCCCOc1ccc(CN2C(=O)[C@@H](NC(C)=O)c3c(C)ccc(C)c32)cc1. The summed E-state index contributed by atoms with van der Waals surface area (Å²) in [6, 6.07) is 11.3. The molecule has 160 valence electrons. The van der Waals surface area contributed by atoms with E-state index >= 15 is 0 Å². The molecule has 0 unspecified atom stereocenters. The summed E-state index contributed by atoms with van der Waals surface area (Å²) in [5.74, 6) is 0.558. The number of nitrogens with zero attached hydrogens (tertiary/aromatic N) is 1. The number of unbranched alkanes of at least 4 members (excludes halogenated alkanes) is 3. The summed E-state index contributed by atoms with van der Waals surface area (Å²) >= 11 is 0. The predicted octanol–water partition coefficient (Wildman–Crippen LogP) is 4.99. The van der Waals surface area contributed by atoms with Crippen LogP contribution in [0.4, 0.5) is 5.69 Å². The molecule has 1 atom stereocenters. The molecule has 5 heteroatoms. The van der Waals surface area contributed by atoms with Crippen molar-refractivity contribution in [3.8, 4) is 5.75 Å². The summed E-state index contributed by atoms with van der Waals surface area (Å²) in [4.78, 5) is 26.7. The number of aryl methyl sites for hydroxylation is 2. The van der Waals surface area contributed by atoms with Crippen LogP contribution in [-0.4, -0.2) is 18.4 Å². The van der Waals surface area contributed by atoms with Crippen LogP contribution in [0.2, 0.25) is 0 Å². The molecular formula is C25H32N2O3. The van der Waals surface area contributed by atoms with Gasteiger partial charge in [0.15, 0.2) is 0 Å². The molecule has 30 heavy (non-hydrogen) atoms. The standard InChI is InChI=1S/C25H32N2O3/c1-5-6-7-8-15-30-21-13-11-20(12-14-21)16-27-24-18(3)10-9-17(2)22(24)23(25(27)29)26-19(4)28/h9-14,23H,5-8,15-16H2,1-4H3,(H,26,28)/t23-/m0/s1. The van der Waals surface area contributed by atoms with E-state index in [-0.39, 0.29) is 11.8 Å². The van der Waals surface area contributed by atoms with Gasteiger partial charge >= 0.3 is 0 Å². The molecule has 0 aromatic heterocycles. The van der Waals surface area contributed by atoms with Crippen molar-refractivity contribution in [1.29, 1.82) is 0 Å². The molecule has 1 heterocycles. The second-order valence-corrected chi connectivity index (χ2v) is 8.07. The van der Waals surface area contributed by atoms with Crippen molar-refractivity contribution in [2.75, 3.05) is 11.5 Å². The fraction of sp³-hybridized carbons (Fsp3) is 0.440. The normalized spacial score (nSPS) is 15.3. The Labute approximate surface area is 179 Å². The number of ether oxygens (including phenoxy) is 1. The van der Waals surface area contributed by atoms with Gasteiger partial charge in [0.05, 0.1) is 18.8 Å². The third-order valence-corrected chi connectivity index (χ3v) is 5.59. The van der Waals surface area contributed by atoms with Crippen LogP contribution in [0.1, 0.15) is 67.8 Å². The van der Waals surface area contributed by atoms with E-state index in [9.17, 15) is 9.59 Å². The van der Waals surface area contributed by atoms with E-state index in [0.29, 0.717) is 6.54 Å². The quantitative estimate of drug-likeness (QED) is 0.595. The Hall–Kier alpha value is -2.82. The lowest BCUT2D eigenvalue weighted by Crippen LogP contribution is -2.36. The molecule has 1 aliphatic heterocycles. The first-order valence-corrected chi connectivity index (χ1v) is 10.8. The number of carbonyl (C=O) groups is 2. The highest BCUT2D eigenvalue weighted by atomic mass is 16.5. The number of benzene rings is 2. The second-order valence-electron chi connectivity index (χ2n) is 8.07. The molecule has 2 aromatic carbocycles. The summed E-state index contributed by atoms with van der Waals surface area (Å²) in [7, 11) is 0.